The maximum Gasteiger partial charge on any atom is 0.0245 e. The first kappa shape index (κ1) is 44.1. The van der Waals surface area contributed by atoms with Gasteiger partial charge in [-0.25, -0.2) is 0 Å². The maximum atomic E-state index is 3.54. The Bertz CT molecular complexity index is 1780. The third-order valence-electron chi connectivity index (χ3n) is 12.8. The van der Waals surface area contributed by atoms with Crippen LogP contribution in [0.3, 0.4) is 0 Å². The van der Waals surface area contributed by atoms with E-state index in [-0.39, 0.29) is 0 Å². The van der Waals surface area contributed by atoms with Crippen molar-refractivity contribution in [2.24, 2.45) is 11.8 Å². The van der Waals surface area contributed by atoms with Crippen molar-refractivity contribution in [3.8, 4) is 23.7 Å². The van der Waals surface area contributed by atoms with Crippen molar-refractivity contribution < 1.29 is 0 Å². The van der Waals surface area contributed by atoms with Crippen molar-refractivity contribution in [2.75, 3.05) is 0 Å². The standard InChI is InChI=1S/C29H38.C28H36/c1-3-5-6-7-8-9-25-16-20-28(21-17-25)29-22-18-27(19-23-29)15-14-26-12-10-24(4-2)11-13-26;1-3-5-6-7-8-24-15-19-27(20-16-24)28-21-17-26(18-22-28)14-13-25-11-9-23(4-2)10-12-25/h10-13,16-17,20-21,27,29H,3-9,18-19,22-23H2,1-2H3;9-12,15-16,19-20,26,28H,3-8,17-18,21-22H2,1-2H3. The Morgan fingerprint density at radius 2 is 0.702 bits per heavy atom. The van der Waals surface area contributed by atoms with Crippen LogP contribution in [-0.4, -0.2) is 0 Å². The van der Waals surface area contributed by atoms with Crippen molar-refractivity contribution in [1.29, 1.82) is 0 Å². The normalized spacial score (nSPS) is 18.9. The third-order valence-corrected chi connectivity index (χ3v) is 12.8. The Kier molecular flexibility index (Phi) is 19.6. The lowest BCUT2D eigenvalue weighted by molar-refractivity contribution is 0.384. The molecule has 0 saturated heterocycles. The summed E-state index contributed by atoms with van der Waals surface area (Å²) in [4.78, 5) is 0. The molecule has 0 unspecified atom stereocenters. The molecule has 0 amide bonds. The lowest BCUT2D eigenvalue weighted by Crippen LogP contribution is -2.12. The predicted octanol–water partition coefficient (Wildman–Crippen LogP) is 15.8. The number of unbranched alkanes of at least 4 members (excludes halogenated alkanes) is 7. The molecule has 0 aliphatic heterocycles. The van der Waals surface area contributed by atoms with Crippen molar-refractivity contribution in [3.05, 3.63) is 142 Å². The van der Waals surface area contributed by atoms with Crippen LogP contribution in [-0.2, 0) is 25.7 Å². The minimum absolute atomic E-state index is 0.569. The maximum absolute atomic E-state index is 3.54. The van der Waals surface area contributed by atoms with E-state index in [0.29, 0.717) is 11.8 Å². The van der Waals surface area contributed by atoms with Crippen molar-refractivity contribution in [3.63, 3.8) is 0 Å². The van der Waals surface area contributed by atoms with E-state index < -0.39 is 0 Å². The van der Waals surface area contributed by atoms with Gasteiger partial charge >= 0.3 is 0 Å². The van der Waals surface area contributed by atoms with Gasteiger partial charge in [0, 0.05) is 23.0 Å². The molecular weight excluding hydrogens is 685 g/mol. The largest absolute Gasteiger partial charge is 0.0945 e. The highest BCUT2D eigenvalue weighted by Gasteiger charge is 2.22. The molecule has 0 heterocycles. The Balaban J connectivity index is 0.000000218. The summed E-state index contributed by atoms with van der Waals surface area (Å²) in [6, 6.07) is 36.5. The highest BCUT2D eigenvalue weighted by molar-refractivity contribution is 5.38. The van der Waals surface area contributed by atoms with Gasteiger partial charge in [-0.1, -0.05) is 169 Å². The predicted molar refractivity (Wildman–Crippen MR) is 248 cm³/mol. The number of benzene rings is 4. The molecule has 2 aliphatic carbocycles. The van der Waals surface area contributed by atoms with E-state index in [0.717, 1.165) is 35.8 Å². The second-order valence-corrected chi connectivity index (χ2v) is 17.2. The van der Waals surface area contributed by atoms with E-state index >= 15 is 0 Å². The molecule has 57 heavy (non-hydrogen) atoms. The molecule has 6 rings (SSSR count). The summed E-state index contributed by atoms with van der Waals surface area (Å²) in [5.41, 5.74) is 11.2. The van der Waals surface area contributed by atoms with E-state index in [1.54, 1.807) is 11.1 Å². The Labute approximate surface area is 350 Å². The number of aryl methyl sites for hydroxylation is 4. The molecule has 0 nitrogen and oxygen atoms in total. The quantitative estimate of drug-likeness (QED) is 0.0837. The second kappa shape index (κ2) is 25.4. The van der Waals surface area contributed by atoms with Gasteiger partial charge in [-0.15, -0.1) is 0 Å². The van der Waals surface area contributed by atoms with E-state index in [9.17, 15) is 0 Å². The van der Waals surface area contributed by atoms with Crippen LogP contribution in [0.1, 0.15) is 193 Å². The summed E-state index contributed by atoms with van der Waals surface area (Å²) < 4.78 is 0. The van der Waals surface area contributed by atoms with E-state index in [1.165, 1.54) is 144 Å². The molecule has 302 valence electrons. The zero-order valence-corrected chi connectivity index (χ0v) is 36.4. The second-order valence-electron chi connectivity index (χ2n) is 17.2. The lowest BCUT2D eigenvalue weighted by atomic mass is 9.78. The Morgan fingerprint density at radius 3 is 1.05 bits per heavy atom. The topological polar surface area (TPSA) is 0 Å². The third kappa shape index (κ3) is 15.7. The summed E-state index contributed by atoms with van der Waals surface area (Å²) in [6.07, 6.45) is 27.0. The first-order chi connectivity index (χ1) is 28.1. The van der Waals surface area contributed by atoms with Crippen LogP contribution < -0.4 is 0 Å². The molecule has 4 aromatic carbocycles. The highest BCUT2D eigenvalue weighted by Crippen LogP contribution is 2.37. The summed E-state index contributed by atoms with van der Waals surface area (Å²) in [5, 5.41) is 0. The molecule has 0 bridgehead atoms. The van der Waals surface area contributed by atoms with Gasteiger partial charge in [0.25, 0.3) is 0 Å². The minimum atomic E-state index is 0.569. The number of hydrogen-bond acceptors (Lipinski definition) is 0. The molecule has 2 saturated carbocycles. The van der Waals surface area contributed by atoms with Crippen LogP contribution >= 0.6 is 0 Å². The fraction of sp³-hybridized carbons (Fsp3) is 0.509. The van der Waals surface area contributed by atoms with Crippen molar-refractivity contribution in [1.82, 2.24) is 0 Å². The number of rotatable bonds is 15. The van der Waals surface area contributed by atoms with E-state index in [2.05, 4.69) is 148 Å². The zero-order chi connectivity index (χ0) is 39.9. The molecule has 0 spiro atoms. The average Bonchev–Trinajstić information content (AvgIpc) is 3.28. The summed E-state index contributed by atoms with van der Waals surface area (Å²) in [6.45, 7) is 8.95. The molecule has 4 aromatic rings. The first-order valence-corrected chi connectivity index (χ1v) is 23.4. The van der Waals surface area contributed by atoms with Gasteiger partial charge in [0.05, 0.1) is 0 Å². The monoisotopic (exact) mass is 759 g/mol. The van der Waals surface area contributed by atoms with Crippen molar-refractivity contribution >= 4 is 0 Å². The summed E-state index contributed by atoms with van der Waals surface area (Å²) in [7, 11) is 0. The smallest absolute Gasteiger partial charge is 0.0245 e. The van der Waals surface area contributed by atoms with Gasteiger partial charge in [0.1, 0.15) is 0 Å². The summed E-state index contributed by atoms with van der Waals surface area (Å²) in [5.74, 6) is 16.5. The zero-order valence-electron chi connectivity index (χ0n) is 36.4. The number of hydrogen-bond donors (Lipinski definition) is 0. The van der Waals surface area contributed by atoms with Gasteiger partial charge in [-0.2, -0.15) is 0 Å². The summed E-state index contributed by atoms with van der Waals surface area (Å²) >= 11 is 0. The van der Waals surface area contributed by atoms with Crippen LogP contribution in [0.5, 0.6) is 0 Å². The fourth-order valence-electron chi connectivity index (χ4n) is 8.76. The molecule has 0 aromatic heterocycles. The van der Waals surface area contributed by atoms with Gasteiger partial charge < -0.3 is 0 Å². The van der Waals surface area contributed by atoms with Crippen LogP contribution in [0.15, 0.2) is 97.1 Å². The molecule has 0 N–H and O–H groups in total. The van der Waals surface area contributed by atoms with Gasteiger partial charge in [-0.3, -0.25) is 0 Å². The molecular formula is C57H74. The SMILES string of the molecule is CCCCCCCc1ccc(C2CCC(C#Cc3ccc(CC)cc3)CC2)cc1.CCCCCCc1ccc(C2CCC(C#Cc3ccc(CC)cc3)CC2)cc1. The highest BCUT2D eigenvalue weighted by atomic mass is 14.3. The van der Waals surface area contributed by atoms with Gasteiger partial charge in [-0.05, 0) is 159 Å². The van der Waals surface area contributed by atoms with E-state index in [4.69, 9.17) is 0 Å². The van der Waals surface area contributed by atoms with Crippen molar-refractivity contribution in [2.45, 2.75) is 174 Å². The Hall–Kier alpha value is -4.00. The minimum Gasteiger partial charge on any atom is -0.0945 e. The molecule has 0 heteroatoms. The first-order valence-electron chi connectivity index (χ1n) is 23.4. The lowest BCUT2D eigenvalue weighted by Gasteiger charge is -2.26. The molecule has 0 atom stereocenters. The fourth-order valence-corrected chi connectivity index (χ4v) is 8.76. The van der Waals surface area contributed by atoms with Crippen LogP contribution in [0, 0.1) is 35.5 Å². The van der Waals surface area contributed by atoms with Crippen LogP contribution in [0.2, 0.25) is 0 Å². The molecule has 2 fully saturated rings. The van der Waals surface area contributed by atoms with Gasteiger partial charge in [0.2, 0.25) is 0 Å². The van der Waals surface area contributed by atoms with Crippen LogP contribution in [0.25, 0.3) is 0 Å². The molecule has 2 aliphatic rings. The molecule has 0 radical (unpaired) electrons. The van der Waals surface area contributed by atoms with Crippen LogP contribution in [0.4, 0.5) is 0 Å². The van der Waals surface area contributed by atoms with Gasteiger partial charge in [0.15, 0.2) is 0 Å². The Morgan fingerprint density at radius 1 is 0.368 bits per heavy atom. The average molecular weight is 759 g/mol. The van der Waals surface area contributed by atoms with E-state index in [1.807, 2.05) is 0 Å².